The molecule has 0 spiro atoms. The first-order chi connectivity index (χ1) is 17.5. The number of rotatable bonds is 8. The van der Waals surface area contributed by atoms with Crippen LogP contribution in [0.3, 0.4) is 0 Å². The highest BCUT2D eigenvalue weighted by Gasteiger charge is 2.32. The molecular formula is C27H23N3O4S2. The standard InChI is InChI=1S/C27H23N3O4S2/c1-33-20-10-8-18(9-11-20)15-30-26(32)24(36-27(30)35)13-19-16-29(23-7-3-2-6-22(19)23)17-25(31)28-14-21-5-4-12-34-21/h2-13,16H,14-15,17H2,1H3,(H,28,31)/b24-13-. The molecule has 2 aromatic carbocycles. The fourth-order valence-electron chi connectivity index (χ4n) is 4.02. The van der Waals surface area contributed by atoms with Crippen LogP contribution in [-0.4, -0.2) is 32.7 Å². The van der Waals surface area contributed by atoms with Crippen LogP contribution in [0, 0.1) is 0 Å². The Morgan fingerprint density at radius 1 is 1.14 bits per heavy atom. The van der Waals surface area contributed by atoms with Gasteiger partial charge in [0.1, 0.15) is 22.4 Å². The number of methoxy groups -OCH3 is 1. The van der Waals surface area contributed by atoms with Crippen LogP contribution >= 0.6 is 24.0 Å². The first-order valence-electron chi connectivity index (χ1n) is 11.3. The maximum absolute atomic E-state index is 13.2. The van der Waals surface area contributed by atoms with Gasteiger partial charge in [0.15, 0.2) is 0 Å². The minimum atomic E-state index is -0.135. The molecule has 0 unspecified atom stereocenters. The monoisotopic (exact) mass is 517 g/mol. The summed E-state index contributed by atoms with van der Waals surface area (Å²) >= 11 is 6.80. The number of para-hydroxylation sites is 1. The fourth-order valence-corrected chi connectivity index (χ4v) is 5.27. The molecule has 5 rings (SSSR count). The molecule has 2 aromatic heterocycles. The number of amides is 2. The van der Waals surface area contributed by atoms with Crippen LogP contribution in [0.5, 0.6) is 5.75 Å². The molecule has 182 valence electrons. The molecule has 0 radical (unpaired) electrons. The Morgan fingerprint density at radius 2 is 1.94 bits per heavy atom. The molecule has 0 aliphatic carbocycles. The highest BCUT2D eigenvalue weighted by molar-refractivity contribution is 8.26. The van der Waals surface area contributed by atoms with Crippen molar-refractivity contribution in [2.24, 2.45) is 0 Å². The van der Waals surface area contributed by atoms with E-state index in [4.69, 9.17) is 21.4 Å². The minimum absolute atomic E-state index is 0.131. The number of hydrogen-bond donors (Lipinski definition) is 1. The van der Waals surface area contributed by atoms with E-state index in [0.717, 1.165) is 27.8 Å². The van der Waals surface area contributed by atoms with E-state index >= 15 is 0 Å². The van der Waals surface area contributed by atoms with Crippen LogP contribution in [-0.2, 0) is 29.2 Å². The molecule has 0 saturated carbocycles. The van der Waals surface area contributed by atoms with Crippen LogP contribution in [0.2, 0.25) is 0 Å². The molecule has 1 saturated heterocycles. The van der Waals surface area contributed by atoms with Gasteiger partial charge in [-0.1, -0.05) is 54.3 Å². The lowest BCUT2D eigenvalue weighted by Gasteiger charge is -2.14. The number of ether oxygens (including phenoxy) is 1. The third kappa shape index (κ3) is 5.07. The molecule has 3 heterocycles. The van der Waals surface area contributed by atoms with Crippen molar-refractivity contribution < 1.29 is 18.7 Å². The molecule has 7 nitrogen and oxygen atoms in total. The van der Waals surface area contributed by atoms with Crippen molar-refractivity contribution in [1.82, 2.24) is 14.8 Å². The average Bonchev–Trinajstić information content (AvgIpc) is 3.60. The number of benzene rings is 2. The number of aromatic nitrogens is 1. The second-order valence-corrected chi connectivity index (χ2v) is 9.88. The summed E-state index contributed by atoms with van der Waals surface area (Å²) in [7, 11) is 1.62. The van der Waals surface area contributed by atoms with Crippen molar-refractivity contribution in [3.05, 3.63) is 94.9 Å². The predicted octanol–water partition coefficient (Wildman–Crippen LogP) is 4.96. The summed E-state index contributed by atoms with van der Waals surface area (Å²) in [4.78, 5) is 27.9. The summed E-state index contributed by atoms with van der Waals surface area (Å²) in [5, 5.41) is 3.83. The summed E-state index contributed by atoms with van der Waals surface area (Å²) in [6, 6.07) is 19.0. The Labute approximate surface area is 217 Å². The third-order valence-corrected chi connectivity index (χ3v) is 7.21. The molecule has 36 heavy (non-hydrogen) atoms. The molecule has 1 N–H and O–H groups in total. The number of nitrogens with one attached hydrogen (secondary N) is 1. The Morgan fingerprint density at radius 3 is 2.69 bits per heavy atom. The van der Waals surface area contributed by atoms with E-state index in [1.165, 1.54) is 11.8 Å². The topological polar surface area (TPSA) is 76.7 Å². The molecule has 1 fully saturated rings. The number of hydrogen-bond acceptors (Lipinski definition) is 6. The lowest BCUT2D eigenvalue weighted by molar-refractivity contribution is -0.123. The van der Waals surface area contributed by atoms with Gasteiger partial charge in [0, 0.05) is 22.7 Å². The third-order valence-electron chi connectivity index (χ3n) is 5.83. The summed E-state index contributed by atoms with van der Waals surface area (Å²) in [6.45, 7) is 0.867. The molecule has 1 aliphatic rings. The van der Waals surface area contributed by atoms with E-state index in [2.05, 4.69) is 5.32 Å². The van der Waals surface area contributed by atoms with Crippen molar-refractivity contribution in [3.8, 4) is 5.75 Å². The maximum Gasteiger partial charge on any atom is 0.266 e. The van der Waals surface area contributed by atoms with E-state index < -0.39 is 0 Å². The Bertz CT molecular complexity index is 1460. The van der Waals surface area contributed by atoms with E-state index in [-0.39, 0.29) is 18.4 Å². The second kappa shape index (κ2) is 10.4. The summed E-state index contributed by atoms with van der Waals surface area (Å²) in [5.41, 5.74) is 2.73. The van der Waals surface area contributed by atoms with Gasteiger partial charge in [-0.05, 0) is 42.0 Å². The van der Waals surface area contributed by atoms with E-state index in [1.807, 2.05) is 71.4 Å². The van der Waals surface area contributed by atoms with Gasteiger partial charge in [0.2, 0.25) is 5.91 Å². The van der Waals surface area contributed by atoms with Crippen molar-refractivity contribution in [3.63, 3.8) is 0 Å². The van der Waals surface area contributed by atoms with E-state index in [9.17, 15) is 9.59 Å². The van der Waals surface area contributed by atoms with Gasteiger partial charge < -0.3 is 19.0 Å². The smallest absolute Gasteiger partial charge is 0.266 e. The van der Waals surface area contributed by atoms with Gasteiger partial charge in [-0.3, -0.25) is 14.5 Å². The minimum Gasteiger partial charge on any atom is -0.497 e. The van der Waals surface area contributed by atoms with Crippen molar-refractivity contribution in [2.75, 3.05) is 7.11 Å². The zero-order valence-corrected chi connectivity index (χ0v) is 21.1. The van der Waals surface area contributed by atoms with Crippen LogP contribution in [0.15, 0.2) is 82.4 Å². The Kier molecular flexibility index (Phi) is 6.92. The molecule has 0 bridgehead atoms. The molecular weight excluding hydrogens is 494 g/mol. The van der Waals surface area contributed by atoms with E-state index in [0.29, 0.717) is 28.1 Å². The Balaban J connectivity index is 1.35. The fraction of sp³-hybridized carbons (Fsp3) is 0.148. The van der Waals surface area contributed by atoms with Crippen LogP contribution in [0.25, 0.3) is 17.0 Å². The number of thiocarbonyl (C=S) groups is 1. The first kappa shape index (κ1) is 23.9. The summed E-state index contributed by atoms with van der Waals surface area (Å²) in [6.07, 6.45) is 5.33. The Hall–Kier alpha value is -3.82. The number of fused-ring (bicyclic) bond motifs is 1. The van der Waals surface area contributed by atoms with Gasteiger partial charge >= 0.3 is 0 Å². The summed E-state index contributed by atoms with van der Waals surface area (Å²) < 4.78 is 12.9. The lowest BCUT2D eigenvalue weighted by Crippen LogP contribution is -2.27. The predicted molar refractivity (Wildman–Crippen MR) is 144 cm³/mol. The van der Waals surface area contributed by atoms with Crippen molar-refractivity contribution in [2.45, 2.75) is 19.6 Å². The van der Waals surface area contributed by atoms with Crippen LogP contribution in [0.1, 0.15) is 16.9 Å². The SMILES string of the molecule is COc1ccc(CN2C(=O)/C(=C/c3cn(CC(=O)NCc4ccco4)c4ccccc34)SC2=S)cc1. The summed E-state index contributed by atoms with van der Waals surface area (Å²) in [5.74, 6) is 1.19. The zero-order valence-electron chi connectivity index (χ0n) is 19.5. The van der Waals surface area contributed by atoms with Crippen LogP contribution < -0.4 is 10.1 Å². The normalized spacial score (nSPS) is 14.7. The second-order valence-electron chi connectivity index (χ2n) is 8.20. The molecule has 1 aliphatic heterocycles. The number of furan rings is 1. The molecule has 4 aromatic rings. The number of nitrogens with zero attached hydrogens (tertiary/aromatic N) is 2. The maximum atomic E-state index is 13.2. The molecule has 0 atom stereocenters. The van der Waals surface area contributed by atoms with Gasteiger partial charge in [-0.25, -0.2) is 0 Å². The molecule has 2 amide bonds. The van der Waals surface area contributed by atoms with Gasteiger partial charge in [0.25, 0.3) is 5.91 Å². The van der Waals surface area contributed by atoms with Gasteiger partial charge in [-0.2, -0.15) is 0 Å². The van der Waals surface area contributed by atoms with Crippen LogP contribution in [0.4, 0.5) is 0 Å². The molecule has 9 heteroatoms. The number of carbonyl (C=O) groups is 2. The van der Waals surface area contributed by atoms with Gasteiger partial charge in [0.05, 0.1) is 31.4 Å². The number of thioether (sulfide) groups is 1. The lowest BCUT2D eigenvalue weighted by atomic mass is 10.1. The van der Waals surface area contributed by atoms with Crippen molar-refractivity contribution >= 4 is 57.1 Å². The highest BCUT2D eigenvalue weighted by atomic mass is 32.2. The van der Waals surface area contributed by atoms with Crippen molar-refractivity contribution in [1.29, 1.82) is 0 Å². The highest BCUT2D eigenvalue weighted by Crippen LogP contribution is 2.35. The number of carbonyl (C=O) groups excluding carboxylic acids is 2. The quantitative estimate of drug-likeness (QED) is 0.263. The largest absolute Gasteiger partial charge is 0.497 e. The zero-order chi connectivity index (χ0) is 25.1. The van der Waals surface area contributed by atoms with Gasteiger partial charge in [-0.15, -0.1) is 0 Å². The first-order valence-corrected chi connectivity index (χ1v) is 12.5. The average molecular weight is 518 g/mol. The van der Waals surface area contributed by atoms with E-state index in [1.54, 1.807) is 24.3 Å².